The number of likely N-dealkylation sites (tertiary alicyclic amines) is 1. The van der Waals surface area contributed by atoms with Crippen LogP contribution >= 0.6 is 0 Å². The molecular weight excluding hydrogens is 356 g/mol. The minimum atomic E-state index is -0.0167. The molecule has 0 unspecified atom stereocenters. The van der Waals surface area contributed by atoms with E-state index in [-0.39, 0.29) is 5.91 Å². The van der Waals surface area contributed by atoms with Crippen molar-refractivity contribution in [3.05, 3.63) is 42.4 Å². The van der Waals surface area contributed by atoms with E-state index in [1.807, 2.05) is 29.2 Å². The van der Waals surface area contributed by atoms with Gasteiger partial charge in [0.15, 0.2) is 5.58 Å². The van der Waals surface area contributed by atoms with Crippen molar-refractivity contribution < 1.29 is 9.21 Å². The van der Waals surface area contributed by atoms with Crippen LogP contribution in [0.4, 0.5) is 11.8 Å². The van der Waals surface area contributed by atoms with E-state index in [0.29, 0.717) is 11.7 Å². The second kappa shape index (κ2) is 7.10. The van der Waals surface area contributed by atoms with Crippen molar-refractivity contribution in [2.75, 3.05) is 49.1 Å². The van der Waals surface area contributed by atoms with Crippen molar-refractivity contribution in [2.24, 2.45) is 0 Å². The van der Waals surface area contributed by atoms with E-state index in [1.54, 1.807) is 12.4 Å². The lowest BCUT2D eigenvalue weighted by Crippen LogP contribution is -2.47. The fraction of sp³-hybridized carbons (Fsp3) is 0.400. The number of oxazole rings is 1. The quantitative estimate of drug-likeness (QED) is 0.691. The van der Waals surface area contributed by atoms with Gasteiger partial charge in [-0.1, -0.05) is 12.1 Å². The van der Waals surface area contributed by atoms with Crippen LogP contribution in [-0.4, -0.2) is 65.0 Å². The molecule has 2 aromatic heterocycles. The number of piperazine rings is 1. The molecule has 0 bridgehead atoms. The zero-order valence-electron chi connectivity index (χ0n) is 15.6. The summed E-state index contributed by atoms with van der Waals surface area (Å²) in [5.41, 5.74) is 2.11. The number of carbonyl (C=O) groups is 1. The molecule has 2 saturated heterocycles. The van der Waals surface area contributed by atoms with Gasteiger partial charge in [0, 0.05) is 39.3 Å². The molecular formula is C20H22N6O2. The highest BCUT2D eigenvalue weighted by molar-refractivity contribution is 5.92. The Morgan fingerprint density at radius 3 is 2.43 bits per heavy atom. The van der Waals surface area contributed by atoms with Gasteiger partial charge in [-0.3, -0.25) is 9.78 Å². The third-order valence-electron chi connectivity index (χ3n) is 5.39. The molecule has 1 aromatic carbocycles. The van der Waals surface area contributed by atoms with Gasteiger partial charge in [-0.05, 0) is 25.0 Å². The van der Waals surface area contributed by atoms with Gasteiger partial charge < -0.3 is 19.1 Å². The predicted molar refractivity (Wildman–Crippen MR) is 106 cm³/mol. The highest BCUT2D eigenvalue weighted by Gasteiger charge is 2.24. The van der Waals surface area contributed by atoms with Crippen LogP contribution in [0.25, 0.3) is 11.1 Å². The monoisotopic (exact) mass is 378 g/mol. The molecule has 4 heterocycles. The van der Waals surface area contributed by atoms with E-state index in [4.69, 9.17) is 4.42 Å². The van der Waals surface area contributed by atoms with Crippen LogP contribution in [0.1, 0.15) is 23.3 Å². The minimum absolute atomic E-state index is 0.0167. The largest absolute Gasteiger partial charge is 0.423 e. The van der Waals surface area contributed by atoms with Crippen LogP contribution in [0.5, 0.6) is 0 Å². The molecule has 2 aliphatic heterocycles. The first-order valence-electron chi connectivity index (χ1n) is 9.75. The summed E-state index contributed by atoms with van der Waals surface area (Å²) in [5, 5.41) is 0. The first-order chi connectivity index (χ1) is 13.8. The lowest BCUT2D eigenvalue weighted by atomic mass is 10.3. The standard InChI is InChI=1S/C20H22N6O2/c27-19(25-7-3-4-8-25)16-13-21-14-18(22-16)24-9-11-26(12-10-24)20-23-15-5-1-2-6-17(15)28-20/h1-2,5-6,13-14H,3-4,7-12H2. The number of rotatable bonds is 3. The summed E-state index contributed by atoms with van der Waals surface area (Å²) in [4.78, 5) is 32.2. The number of hydrogen-bond donors (Lipinski definition) is 0. The molecule has 0 radical (unpaired) electrons. The molecule has 8 heteroatoms. The van der Waals surface area contributed by atoms with Gasteiger partial charge in [0.2, 0.25) is 0 Å². The maximum Gasteiger partial charge on any atom is 0.298 e. The zero-order chi connectivity index (χ0) is 18.9. The molecule has 2 aliphatic rings. The average Bonchev–Trinajstić information content (AvgIpc) is 3.43. The molecule has 0 spiro atoms. The molecule has 5 rings (SSSR count). The zero-order valence-corrected chi connectivity index (χ0v) is 15.6. The summed E-state index contributed by atoms with van der Waals surface area (Å²) >= 11 is 0. The summed E-state index contributed by atoms with van der Waals surface area (Å²) in [6, 6.07) is 8.45. The van der Waals surface area contributed by atoms with Crippen LogP contribution in [0.2, 0.25) is 0 Å². The van der Waals surface area contributed by atoms with Crippen molar-refractivity contribution in [2.45, 2.75) is 12.8 Å². The van der Waals surface area contributed by atoms with E-state index < -0.39 is 0 Å². The maximum atomic E-state index is 12.6. The van der Waals surface area contributed by atoms with E-state index in [2.05, 4.69) is 24.8 Å². The van der Waals surface area contributed by atoms with Crippen LogP contribution in [-0.2, 0) is 0 Å². The van der Waals surface area contributed by atoms with Gasteiger partial charge in [0.1, 0.15) is 17.0 Å². The Kier molecular flexibility index (Phi) is 4.31. The van der Waals surface area contributed by atoms with E-state index in [1.165, 1.54) is 0 Å². The van der Waals surface area contributed by atoms with Crippen LogP contribution in [0.3, 0.4) is 0 Å². The Balaban J connectivity index is 1.27. The minimum Gasteiger partial charge on any atom is -0.423 e. The Morgan fingerprint density at radius 1 is 0.893 bits per heavy atom. The Morgan fingerprint density at radius 2 is 1.64 bits per heavy atom. The Labute approximate surface area is 162 Å². The SMILES string of the molecule is O=C(c1cncc(N2CCN(c3nc4ccccc4o3)CC2)n1)N1CCCC1. The van der Waals surface area contributed by atoms with Gasteiger partial charge in [0.25, 0.3) is 11.9 Å². The molecule has 1 amide bonds. The second-order valence-corrected chi connectivity index (χ2v) is 7.20. The van der Waals surface area contributed by atoms with Crippen molar-refractivity contribution in [1.82, 2.24) is 19.9 Å². The van der Waals surface area contributed by atoms with Crippen LogP contribution in [0.15, 0.2) is 41.1 Å². The molecule has 144 valence electrons. The molecule has 0 aliphatic carbocycles. The summed E-state index contributed by atoms with van der Waals surface area (Å²) in [5.74, 6) is 0.735. The lowest BCUT2D eigenvalue weighted by molar-refractivity contribution is 0.0786. The smallest absolute Gasteiger partial charge is 0.298 e. The summed E-state index contributed by atoms with van der Waals surface area (Å²) in [6.07, 6.45) is 5.43. The van der Waals surface area contributed by atoms with E-state index in [9.17, 15) is 4.79 Å². The lowest BCUT2D eigenvalue weighted by Gasteiger charge is -2.34. The normalized spacial score (nSPS) is 17.5. The third-order valence-corrected chi connectivity index (χ3v) is 5.39. The predicted octanol–water partition coefficient (Wildman–Crippen LogP) is 2.18. The maximum absolute atomic E-state index is 12.6. The number of hydrogen-bond acceptors (Lipinski definition) is 7. The number of carbonyl (C=O) groups excluding carboxylic acids is 1. The molecule has 0 N–H and O–H groups in total. The first kappa shape index (κ1) is 17.0. The molecule has 0 saturated carbocycles. The number of para-hydroxylation sites is 2. The topological polar surface area (TPSA) is 78.6 Å². The molecule has 0 atom stereocenters. The van der Waals surface area contributed by atoms with Gasteiger partial charge >= 0.3 is 0 Å². The van der Waals surface area contributed by atoms with Crippen LogP contribution in [0, 0.1) is 0 Å². The summed E-state index contributed by atoms with van der Waals surface area (Å²) < 4.78 is 5.87. The fourth-order valence-corrected chi connectivity index (χ4v) is 3.82. The average molecular weight is 378 g/mol. The second-order valence-electron chi connectivity index (χ2n) is 7.20. The van der Waals surface area contributed by atoms with Crippen molar-refractivity contribution >= 4 is 28.8 Å². The van der Waals surface area contributed by atoms with Crippen molar-refractivity contribution in [3.8, 4) is 0 Å². The Bertz CT molecular complexity index is 956. The molecule has 8 nitrogen and oxygen atoms in total. The van der Waals surface area contributed by atoms with Gasteiger partial charge in [0.05, 0.1) is 12.4 Å². The number of aromatic nitrogens is 3. The van der Waals surface area contributed by atoms with Gasteiger partial charge in [-0.15, -0.1) is 0 Å². The van der Waals surface area contributed by atoms with Crippen molar-refractivity contribution in [1.29, 1.82) is 0 Å². The number of benzene rings is 1. The first-order valence-corrected chi connectivity index (χ1v) is 9.75. The van der Waals surface area contributed by atoms with Gasteiger partial charge in [-0.25, -0.2) is 4.98 Å². The molecule has 3 aromatic rings. The Hall–Kier alpha value is -3.16. The fourth-order valence-electron chi connectivity index (χ4n) is 3.82. The number of amides is 1. The highest BCUT2D eigenvalue weighted by atomic mass is 16.4. The van der Waals surface area contributed by atoms with E-state index >= 15 is 0 Å². The number of anilines is 2. The molecule has 28 heavy (non-hydrogen) atoms. The molecule has 2 fully saturated rings. The van der Waals surface area contributed by atoms with Crippen molar-refractivity contribution in [3.63, 3.8) is 0 Å². The van der Waals surface area contributed by atoms with E-state index in [0.717, 1.165) is 69.0 Å². The summed E-state index contributed by atoms with van der Waals surface area (Å²) in [6.45, 7) is 4.73. The van der Waals surface area contributed by atoms with Gasteiger partial charge in [-0.2, -0.15) is 4.98 Å². The van der Waals surface area contributed by atoms with Crippen LogP contribution < -0.4 is 9.80 Å². The number of fused-ring (bicyclic) bond motifs is 1. The third kappa shape index (κ3) is 3.15. The summed E-state index contributed by atoms with van der Waals surface area (Å²) in [7, 11) is 0. The highest BCUT2D eigenvalue weighted by Crippen LogP contribution is 2.23. The number of nitrogens with zero attached hydrogens (tertiary/aromatic N) is 6.